The van der Waals surface area contributed by atoms with E-state index in [2.05, 4.69) is 4.74 Å². The van der Waals surface area contributed by atoms with Gasteiger partial charge in [0, 0.05) is 12.6 Å². The van der Waals surface area contributed by atoms with Crippen LogP contribution in [-0.2, 0) is 10.0 Å². The molecule has 0 amide bonds. The highest BCUT2D eigenvalue weighted by Crippen LogP contribution is 2.34. The van der Waals surface area contributed by atoms with Gasteiger partial charge in [0.2, 0.25) is 10.0 Å². The molecule has 1 atom stereocenters. The molecule has 1 unspecified atom stereocenters. The molecule has 1 fully saturated rings. The Morgan fingerprint density at radius 1 is 1.35 bits per heavy atom. The molecule has 1 aliphatic rings. The molecule has 1 N–H and O–H groups in total. The minimum atomic E-state index is -4.96. The van der Waals surface area contributed by atoms with Crippen LogP contribution in [0.25, 0.3) is 5.73 Å². The van der Waals surface area contributed by atoms with Crippen molar-refractivity contribution < 1.29 is 26.3 Å². The minimum Gasteiger partial charge on any atom is -0.676 e. The summed E-state index contributed by atoms with van der Waals surface area (Å²) in [4.78, 5) is -0.532. The van der Waals surface area contributed by atoms with E-state index in [1.807, 2.05) is 0 Å². The predicted octanol–water partition coefficient (Wildman–Crippen LogP) is 2.40. The fourth-order valence-electron chi connectivity index (χ4n) is 1.94. The first-order valence-electron chi connectivity index (χ1n) is 5.77. The second-order valence-corrected chi connectivity index (χ2v) is 6.12. The Balaban J connectivity index is 2.37. The zero-order valence-electron chi connectivity index (χ0n) is 10.2. The molecule has 0 bridgehead atoms. The highest BCUT2D eigenvalue weighted by molar-refractivity contribution is 7.89. The van der Waals surface area contributed by atoms with Crippen molar-refractivity contribution in [2.75, 3.05) is 13.1 Å². The third-order valence-corrected chi connectivity index (χ3v) is 4.98. The van der Waals surface area contributed by atoms with Crippen molar-refractivity contribution in [3.05, 3.63) is 30.0 Å². The number of hydrogen-bond donors (Lipinski definition) is 0. The molecule has 9 heteroatoms. The van der Waals surface area contributed by atoms with Crippen LogP contribution in [0.1, 0.15) is 6.42 Å². The molecule has 20 heavy (non-hydrogen) atoms. The van der Waals surface area contributed by atoms with E-state index in [-0.39, 0.29) is 13.1 Å². The molecule has 1 aromatic rings. The largest absolute Gasteiger partial charge is 0.676 e. The van der Waals surface area contributed by atoms with E-state index in [1.54, 1.807) is 0 Å². The second-order valence-electron chi connectivity index (χ2n) is 4.26. The normalized spacial score (nSPS) is 20.5. The summed E-state index contributed by atoms with van der Waals surface area (Å²) >= 11 is 0. The second kappa shape index (κ2) is 5.23. The van der Waals surface area contributed by atoms with Crippen molar-refractivity contribution in [2.45, 2.75) is 23.7 Å². The van der Waals surface area contributed by atoms with Crippen LogP contribution in [0.5, 0.6) is 5.75 Å². The fraction of sp³-hybridized carbons (Fsp3) is 0.455. The van der Waals surface area contributed by atoms with E-state index in [4.69, 9.17) is 5.73 Å². The monoisotopic (exact) mass is 309 g/mol. The van der Waals surface area contributed by atoms with E-state index in [9.17, 15) is 21.6 Å². The van der Waals surface area contributed by atoms with Crippen LogP contribution < -0.4 is 4.74 Å². The Bertz CT molecular complexity index is 587. The van der Waals surface area contributed by atoms with Crippen LogP contribution in [0, 0.1) is 0 Å². The first kappa shape index (κ1) is 15.1. The van der Waals surface area contributed by atoms with Crippen LogP contribution in [0.4, 0.5) is 13.2 Å². The molecule has 2 rings (SSSR count). The number of para-hydroxylation sites is 1. The summed E-state index contributed by atoms with van der Waals surface area (Å²) < 4.78 is 66.2. The van der Waals surface area contributed by atoms with E-state index < -0.39 is 33.1 Å². The lowest BCUT2D eigenvalue weighted by Gasteiger charge is -2.41. The van der Waals surface area contributed by atoms with Crippen molar-refractivity contribution in [2.24, 2.45) is 0 Å². The minimum absolute atomic E-state index is 0.123. The molecule has 5 nitrogen and oxygen atoms in total. The number of benzene rings is 1. The van der Waals surface area contributed by atoms with Crippen molar-refractivity contribution in [1.82, 2.24) is 4.31 Å². The third-order valence-electron chi connectivity index (χ3n) is 2.99. The van der Waals surface area contributed by atoms with Gasteiger partial charge in [-0.05, 0) is 18.6 Å². The van der Waals surface area contributed by atoms with Crippen molar-refractivity contribution >= 4 is 10.0 Å². The Kier molecular flexibility index (Phi) is 3.94. The zero-order valence-corrected chi connectivity index (χ0v) is 11.0. The van der Waals surface area contributed by atoms with Gasteiger partial charge < -0.3 is 10.5 Å². The van der Waals surface area contributed by atoms with Crippen LogP contribution in [-0.4, -0.2) is 38.2 Å². The number of nitrogens with one attached hydrogen (secondary N) is 1. The Hall–Kier alpha value is -1.32. The first-order chi connectivity index (χ1) is 9.25. The average Bonchev–Trinajstić information content (AvgIpc) is 2.25. The molecular weight excluding hydrogens is 297 g/mol. The van der Waals surface area contributed by atoms with Gasteiger partial charge in [0.25, 0.3) is 0 Å². The summed E-state index contributed by atoms with van der Waals surface area (Å²) in [6.07, 6.45) is -4.43. The molecule has 0 spiro atoms. The third kappa shape index (κ3) is 2.89. The molecule has 1 aliphatic heterocycles. The summed E-state index contributed by atoms with van der Waals surface area (Å²) in [5, 5.41) is 0. The van der Waals surface area contributed by atoms with Gasteiger partial charge in [-0.25, -0.2) is 8.42 Å². The van der Waals surface area contributed by atoms with Gasteiger partial charge in [0.05, 0.1) is 0 Å². The molecule has 0 aromatic heterocycles. The SMILES string of the molecule is [NH-]CC1CCN1S(=O)(=O)c1ccccc1OC(F)(F)F. The number of nitrogens with zero attached hydrogens (tertiary/aromatic N) is 1. The van der Waals surface area contributed by atoms with Gasteiger partial charge in [-0.1, -0.05) is 12.1 Å². The number of ether oxygens (including phenoxy) is 1. The van der Waals surface area contributed by atoms with Crippen molar-refractivity contribution in [3.8, 4) is 5.75 Å². The van der Waals surface area contributed by atoms with Crippen LogP contribution >= 0.6 is 0 Å². The fourth-order valence-corrected chi connectivity index (χ4v) is 3.72. The smallest absolute Gasteiger partial charge is 0.573 e. The summed E-state index contributed by atoms with van der Waals surface area (Å²) in [5.74, 6) is -0.754. The lowest BCUT2D eigenvalue weighted by Crippen LogP contribution is -2.52. The average molecular weight is 309 g/mol. The molecule has 1 aromatic carbocycles. The molecule has 0 radical (unpaired) electrons. The molecule has 1 saturated heterocycles. The quantitative estimate of drug-likeness (QED) is 0.857. The van der Waals surface area contributed by atoms with Gasteiger partial charge in [-0.15, -0.1) is 19.7 Å². The van der Waals surface area contributed by atoms with Crippen LogP contribution in [0.2, 0.25) is 0 Å². The number of rotatable bonds is 4. The van der Waals surface area contributed by atoms with Crippen LogP contribution in [0.15, 0.2) is 29.2 Å². The lowest BCUT2D eigenvalue weighted by atomic mass is 10.1. The van der Waals surface area contributed by atoms with Crippen molar-refractivity contribution in [1.29, 1.82) is 0 Å². The molecule has 1 heterocycles. The first-order valence-corrected chi connectivity index (χ1v) is 7.21. The molecule has 0 aliphatic carbocycles. The van der Waals surface area contributed by atoms with Gasteiger partial charge in [0.1, 0.15) is 10.6 Å². The molecule has 0 saturated carbocycles. The molecular formula is C11H12F3N2O3S-. The Morgan fingerprint density at radius 2 is 2.00 bits per heavy atom. The summed E-state index contributed by atoms with van der Waals surface area (Å²) in [6, 6.07) is 4.12. The summed E-state index contributed by atoms with van der Waals surface area (Å²) in [7, 11) is -4.08. The highest BCUT2D eigenvalue weighted by Gasteiger charge is 2.39. The lowest BCUT2D eigenvalue weighted by molar-refractivity contribution is -0.275. The van der Waals surface area contributed by atoms with Gasteiger partial charge in [-0.3, -0.25) is 0 Å². The molecule has 112 valence electrons. The van der Waals surface area contributed by atoms with Gasteiger partial charge in [0.15, 0.2) is 0 Å². The standard InChI is InChI=1S/C11H12F3N2O3S/c12-11(13,14)19-9-3-1-2-4-10(9)20(17,18)16-6-5-8(16)7-15/h1-4,8,15H,5-7H2/q-1. The van der Waals surface area contributed by atoms with Gasteiger partial charge in [-0.2, -0.15) is 4.31 Å². The van der Waals surface area contributed by atoms with Gasteiger partial charge >= 0.3 is 6.36 Å². The Labute approximate surface area is 114 Å². The number of hydrogen-bond acceptors (Lipinski definition) is 3. The maximum Gasteiger partial charge on any atom is 0.573 e. The maximum atomic E-state index is 12.3. The van der Waals surface area contributed by atoms with E-state index >= 15 is 0 Å². The zero-order chi connectivity index (χ0) is 15.0. The predicted molar refractivity (Wildman–Crippen MR) is 64.6 cm³/mol. The topological polar surface area (TPSA) is 70.4 Å². The highest BCUT2D eigenvalue weighted by atomic mass is 32.2. The van der Waals surface area contributed by atoms with E-state index in [0.717, 1.165) is 16.4 Å². The van der Waals surface area contributed by atoms with Crippen molar-refractivity contribution in [3.63, 3.8) is 0 Å². The van der Waals surface area contributed by atoms with Crippen LogP contribution in [0.3, 0.4) is 0 Å². The Morgan fingerprint density at radius 3 is 2.50 bits per heavy atom. The van der Waals surface area contributed by atoms with E-state index in [0.29, 0.717) is 6.42 Å². The number of halogens is 3. The summed E-state index contributed by atoms with van der Waals surface area (Å²) in [6.45, 7) is 0.0771. The van der Waals surface area contributed by atoms with E-state index in [1.165, 1.54) is 12.1 Å². The summed E-state index contributed by atoms with van der Waals surface area (Å²) in [5.41, 5.74) is 7.21. The number of alkyl halides is 3. The number of sulfonamides is 1. The maximum absolute atomic E-state index is 12.3.